The molecule has 0 aliphatic carbocycles. The van der Waals surface area contributed by atoms with Crippen molar-refractivity contribution in [2.45, 2.75) is 32.6 Å². The van der Waals surface area contributed by atoms with Gasteiger partial charge in [-0.15, -0.1) is 0 Å². The predicted octanol–water partition coefficient (Wildman–Crippen LogP) is 2.75. The van der Waals surface area contributed by atoms with Gasteiger partial charge in [0.05, 0.1) is 6.61 Å². The van der Waals surface area contributed by atoms with Crippen LogP contribution in [0.4, 0.5) is 0 Å². The number of hydrogen-bond acceptors (Lipinski definition) is 2. The van der Waals surface area contributed by atoms with Crippen LogP contribution < -0.4 is 4.74 Å². The van der Waals surface area contributed by atoms with Crippen LogP contribution in [0.15, 0.2) is 24.3 Å². The Balaban J connectivity index is 2.78. The summed E-state index contributed by atoms with van der Waals surface area (Å²) in [4.78, 5) is 0. The minimum absolute atomic E-state index is 0.0931. The zero-order valence-electron chi connectivity index (χ0n) is 9.79. The summed E-state index contributed by atoms with van der Waals surface area (Å²) in [6, 6.07) is 8.08. The molecule has 2 heteroatoms. The summed E-state index contributed by atoms with van der Waals surface area (Å²) in [5.74, 6) is 0.929. The molecule has 0 spiro atoms. The minimum atomic E-state index is 0.0931. The molecule has 0 aliphatic heterocycles. The van der Waals surface area contributed by atoms with Crippen LogP contribution in [0.3, 0.4) is 0 Å². The van der Waals surface area contributed by atoms with Crippen LogP contribution in [-0.2, 0) is 5.41 Å². The standard InChI is InChI=1S/C13H20O2/c1-13(2,3)11-7-4-5-8-12(11)15-10-6-9-14/h4-5,7-8,14H,6,9-10H2,1-3H3. The minimum Gasteiger partial charge on any atom is -0.493 e. The van der Waals surface area contributed by atoms with Gasteiger partial charge in [-0.2, -0.15) is 0 Å². The van der Waals surface area contributed by atoms with Crippen LogP contribution in [0.1, 0.15) is 32.8 Å². The largest absolute Gasteiger partial charge is 0.493 e. The zero-order chi connectivity index (χ0) is 11.3. The van der Waals surface area contributed by atoms with Gasteiger partial charge >= 0.3 is 0 Å². The average molecular weight is 208 g/mol. The van der Waals surface area contributed by atoms with Crippen molar-refractivity contribution in [3.8, 4) is 5.75 Å². The van der Waals surface area contributed by atoms with Crippen molar-refractivity contribution in [1.29, 1.82) is 0 Å². The molecule has 0 heterocycles. The third kappa shape index (κ3) is 3.56. The molecule has 15 heavy (non-hydrogen) atoms. The summed E-state index contributed by atoms with van der Waals surface area (Å²) in [6.07, 6.45) is 0.679. The van der Waals surface area contributed by atoms with Crippen molar-refractivity contribution >= 4 is 0 Å². The molecule has 84 valence electrons. The SMILES string of the molecule is CC(C)(C)c1ccccc1OCCCO. The van der Waals surface area contributed by atoms with E-state index in [0.717, 1.165) is 5.75 Å². The van der Waals surface area contributed by atoms with Gasteiger partial charge in [0.1, 0.15) is 5.75 Å². The number of hydrogen-bond donors (Lipinski definition) is 1. The smallest absolute Gasteiger partial charge is 0.123 e. The summed E-state index contributed by atoms with van der Waals surface area (Å²) in [5.41, 5.74) is 1.30. The van der Waals surface area contributed by atoms with Gasteiger partial charge in [0.15, 0.2) is 0 Å². The fourth-order valence-corrected chi connectivity index (χ4v) is 1.46. The second-order valence-corrected chi connectivity index (χ2v) is 4.67. The van der Waals surface area contributed by atoms with Crippen LogP contribution >= 0.6 is 0 Å². The quantitative estimate of drug-likeness (QED) is 0.771. The summed E-state index contributed by atoms with van der Waals surface area (Å²) in [7, 11) is 0. The molecule has 0 amide bonds. The molecule has 0 atom stereocenters. The van der Waals surface area contributed by atoms with E-state index in [0.29, 0.717) is 13.0 Å². The van der Waals surface area contributed by atoms with Gasteiger partial charge in [-0.3, -0.25) is 0 Å². The van der Waals surface area contributed by atoms with E-state index in [1.807, 2.05) is 18.2 Å². The number of benzene rings is 1. The third-order valence-corrected chi connectivity index (χ3v) is 2.26. The number of ether oxygens (including phenoxy) is 1. The highest BCUT2D eigenvalue weighted by molar-refractivity contribution is 5.38. The summed E-state index contributed by atoms with van der Waals surface area (Å²) in [5, 5.41) is 8.69. The van der Waals surface area contributed by atoms with Crippen molar-refractivity contribution in [2.75, 3.05) is 13.2 Å². The lowest BCUT2D eigenvalue weighted by atomic mass is 9.86. The van der Waals surface area contributed by atoms with E-state index in [1.54, 1.807) is 0 Å². The first-order chi connectivity index (χ1) is 7.05. The van der Waals surface area contributed by atoms with Crippen LogP contribution in [0.5, 0.6) is 5.75 Å². The normalized spacial score (nSPS) is 11.5. The first-order valence-electron chi connectivity index (χ1n) is 5.39. The highest BCUT2D eigenvalue weighted by atomic mass is 16.5. The summed E-state index contributed by atoms with van der Waals surface area (Å²) in [6.45, 7) is 7.25. The maximum absolute atomic E-state index is 8.69. The Hall–Kier alpha value is -1.02. The van der Waals surface area contributed by atoms with Gasteiger partial charge in [0, 0.05) is 13.0 Å². The third-order valence-electron chi connectivity index (χ3n) is 2.26. The Morgan fingerprint density at radius 1 is 1.20 bits per heavy atom. The number of aliphatic hydroxyl groups excluding tert-OH is 1. The first kappa shape index (κ1) is 12.1. The monoisotopic (exact) mass is 208 g/mol. The van der Waals surface area contributed by atoms with Crippen molar-refractivity contribution in [3.63, 3.8) is 0 Å². The summed E-state index contributed by atoms with van der Waals surface area (Å²) >= 11 is 0. The molecule has 1 rings (SSSR count). The molecular weight excluding hydrogens is 188 g/mol. The van der Waals surface area contributed by atoms with Crippen molar-refractivity contribution in [2.24, 2.45) is 0 Å². The van der Waals surface area contributed by atoms with Crippen molar-refractivity contribution in [1.82, 2.24) is 0 Å². The number of aliphatic hydroxyl groups is 1. The maximum Gasteiger partial charge on any atom is 0.123 e. The molecule has 0 aromatic heterocycles. The van der Waals surface area contributed by atoms with E-state index < -0.39 is 0 Å². The van der Waals surface area contributed by atoms with E-state index in [-0.39, 0.29) is 12.0 Å². The highest BCUT2D eigenvalue weighted by Gasteiger charge is 2.17. The Kier molecular flexibility index (Phi) is 4.15. The van der Waals surface area contributed by atoms with Crippen molar-refractivity contribution in [3.05, 3.63) is 29.8 Å². The fourth-order valence-electron chi connectivity index (χ4n) is 1.46. The molecule has 0 radical (unpaired) electrons. The van der Waals surface area contributed by atoms with E-state index in [1.165, 1.54) is 5.56 Å². The van der Waals surface area contributed by atoms with E-state index in [2.05, 4.69) is 26.8 Å². The Morgan fingerprint density at radius 3 is 2.47 bits per heavy atom. The van der Waals surface area contributed by atoms with Gasteiger partial charge in [-0.25, -0.2) is 0 Å². The molecule has 1 aromatic rings. The van der Waals surface area contributed by atoms with E-state index in [4.69, 9.17) is 9.84 Å². The lowest BCUT2D eigenvalue weighted by Gasteiger charge is -2.22. The van der Waals surface area contributed by atoms with Gasteiger partial charge in [-0.05, 0) is 17.0 Å². The van der Waals surface area contributed by atoms with Crippen LogP contribution in [0.2, 0.25) is 0 Å². The predicted molar refractivity (Wildman–Crippen MR) is 62.3 cm³/mol. The molecule has 0 fully saturated rings. The van der Waals surface area contributed by atoms with Gasteiger partial charge in [0.25, 0.3) is 0 Å². The molecule has 1 aromatic carbocycles. The second kappa shape index (κ2) is 5.17. The first-order valence-corrected chi connectivity index (χ1v) is 5.39. The average Bonchev–Trinajstić information content (AvgIpc) is 2.17. The van der Waals surface area contributed by atoms with E-state index in [9.17, 15) is 0 Å². The maximum atomic E-state index is 8.69. The molecular formula is C13H20O2. The molecule has 0 bridgehead atoms. The highest BCUT2D eigenvalue weighted by Crippen LogP contribution is 2.30. The molecule has 0 saturated carbocycles. The van der Waals surface area contributed by atoms with Gasteiger partial charge in [-0.1, -0.05) is 39.0 Å². The fraction of sp³-hybridized carbons (Fsp3) is 0.538. The van der Waals surface area contributed by atoms with Crippen molar-refractivity contribution < 1.29 is 9.84 Å². The Morgan fingerprint density at radius 2 is 1.87 bits per heavy atom. The molecule has 2 nitrogen and oxygen atoms in total. The number of rotatable bonds is 4. The zero-order valence-corrected chi connectivity index (χ0v) is 9.79. The van der Waals surface area contributed by atoms with Crippen LogP contribution in [-0.4, -0.2) is 18.3 Å². The van der Waals surface area contributed by atoms with Gasteiger partial charge < -0.3 is 9.84 Å². The molecule has 1 N–H and O–H groups in total. The second-order valence-electron chi connectivity index (χ2n) is 4.67. The lowest BCUT2D eigenvalue weighted by Crippen LogP contribution is -2.13. The topological polar surface area (TPSA) is 29.5 Å². The van der Waals surface area contributed by atoms with Crippen LogP contribution in [0.25, 0.3) is 0 Å². The molecule has 0 aliphatic rings. The van der Waals surface area contributed by atoms with E-state index >= 15 is 0 Å². The van der Waals surface area contributed by atoms with Crippen LogP contribution in [0, 0.1) is 0 Å². The molecule has 0 saturated heterocycles. The summed E-state index contributed by atoms with van der Waals surface area (Å²) < 4.78 is 5.64. The van der Waals surface area contributed by atoms with Gasteiger partial charge in [0.2, 0.25) is 0 Å². The lowest BCUT2D eigenvalue weighted by molar-refractivity contribution is 0.231. The molecule has 0 unspecified atom stereocenters. The Labute approximate surface area is 91.9 Å². The Bertz CT molecular complexity index is 300. The number of para-hydroxylation sites is 1.